The van der Waals surface area contributed by atoms with Crippen LogP contribution in [0.2, 0.25) is 0 Å². The smallest absolute Gasteiger partial charge is 0.254 e. The predicted molar refractivity (Wildman–Crippen MR) is 128 cm³/mol. The first-order chi connectivity index (χ1) is 15.9. The fraction of sp³-hybridized carbons (Fsp3) is 0.444. The van der Waals surface area contributed by atoms with Gasteiger partial charge in [0.05, 0.1) is 12.1 Å². The lowest BCUT2D eigenvalue weighted by atomic mass is 9.92. The molecule has 2 aromatic rings. The lowest BCUT2D eigenvalue weighted by molar-refractivity contribution is -0.135. The van der Waals surface area contributed by atoms with Crippen LogP contribution in [0.25, 0.3) is 0 Å². The molecule has 0 bridgehead atoms. The molecule has 2 atom stereocenters. The number of nitrogens with zero attached hydrogens (tertiary/aromatic N) is 3. The normalized spacial score (nSPS) is 21.6. The van der Waals surface area contributed by atoms with Gasteiger partial charge in [-0.2, -0.15) is 0 Å². The van der Waals surface area contributed by atoms with Crippen LogP contribution in [0.5, 0.6) is 0 Å². The van der Waals surface area contributed by atoms with E-state index in [0.717, 1.165) is 13.1 Å². The Bertz CT molecular complexity index is 989. The van der Waals surface area contributed by atoms with Crippen LogP contribution >= 0.6 is 0 Å². The van der Waals surface area contributed by atoms with Crippen molar-refractivity contribution in [2.45, 2.75) is 20.3 Å². The lowest BCUT2D eigenvalue weighted by Crippen LogP contribution is -2.53. The van der Waals surface area contributed by atoms with Crippen LogP contribution in [0.4, 0.5) is 0 Å². The van der Waals surface area contributed by atoms with Gasteiger partial charge in [-0.05, 0) is 24.3 Å². The lowest BCUT2D eigenvalue weighted by Gasteiger charge is -2.38. The molecule has 0 radical (unpaired) electrons. The third-order valence-electron chi connectivity index (χ3n) is 6.68. The van der Waals surface area contributed by atoms with Gasteiger partial charge >= 0.3 is 0 Å². The van der Waals surface area contributed by atoms with E-state index in [4.69, 9.17) is 0 Å². The molecule has 174 valence electrons. The summed E-state index contributed by atoms with van der Waals surface area (Å²) in [5.41, 5.74) is 1.44. The van der Waals surface area contributed by atoms with E-state index < -0.39 is 0 Å². The van der Waals surface area contributed by atoms with Gasteiger partial charge in [0.15, 0.2) is 5.78 Å². The Balaban J connectivity index is 1.36. The second-order valence-electron chi connectivity index (χ2n) is 9.55. The van der Waals surface area contributed by atoms with E-state index in [1.54, 1.807) is 41.3 Å². The molecule has 0 aromatic heterocycles. The van der Waals surface area contributed by atoms with Crippen molar-refractivity contribution < 1.29 is 14.4 Å². The monoisotopic (exact) mass is 447 g/mol. The molecule has 2 heterocycles. The highest BCUT2D eigenvalue weighted by molar-refractivity contribution is 6.15. The predicted octanol–water partition coefficient (Wildman–Crippen LogP) is 3.18. The van der Waals surface area contributed by atoms with E-state index in [1.165, 1.54) is 6.42 Å². The average molecular weight is 448 g/mol. The van der Waals surface area contributed by atoms with Crippen molar-refractivity contribution in [1.82, 2.24) is 14.7 Å². The number of amides is 2. The molecule has 2 saturated heterocycles. The Morgan fingerprint density at radius 2 is 1.33 bits per heavy atom. The van der Waals surface area contributed by atoms with Crippen molar-refractivity contribution in [2.75, 3.05) is 45.8 Å². The summed E-state index contributed by atoms with van der Waals surface area (Å²) in [5.74, 6) is 1.01. The van der Waals surface area contributed by atoms with Crippen molar-refractivity contribution >= 4 is 17.6 Å². The maximum Gasteiger partial charge on any atom is 0.254 e. The topological polar surface area (TPSA) is 60.9 Å². The molecule has 6 nitrogen and oxygen atoms in total. The molecule has 0 saturated carbocycles. The maximum atomic E-state index is 13.3. The summed E-state index contributed by atoms with van der Waals surface area (Å²) in [4.78, 5) is 45.0. The number of piperazine rings is 1. The summed E-state index contributed by atoms with van der Waals surface area (Å²) in [5, 5.41) is 0. The highest BCUT2D eigenvalue weighted by Crippen LogP contribution is 2.21. The third kappa shape index (κ3) is 5.50. The Morgan fingerprint density at radius 3 is 1.97 bits per heavy atom. The average Bonchev–Trinajstić information content (AvgIpc) is 2.83. The summed E-state index contributed by atoms with van der Waals surface area (Å²) in [7, 11) is 0. The first kappa shape index (κ1) is 23.2. The van der Waals surface area contributed by atoms with E-state index in [1.807, 2.05) is 23.1 Å². The summed E-state index contributed by atoms with van der Waals surface area (Å²) >= 11 is 0. The SMILES string of the molecule is C[C@H]1C[C@H](C)CN(C(=O)CN2CCN(C(=O)c3ccccc3C(=O)c3ccccc3)CC2)C1. The molecule has 2 amide bonds. The number of hydrogen-bond acceptors (Lipinski definition) is 4. The number of hydrogen-bond donors (Lipinski definition) is 0. The summed E-state index contributed by atoms with van der Waals surface area (Å²) < 4.78 is 0. The molecular weight excluding hydrogens is 414 g/mol. The molecule has 2 aromatic carbocycles. The first-order valence-electron chi connectivity index (χ1n) is 11.9. The molecule has 2 aliphatic heterocycles. The Hall–Kier alpha value is -2.99. The Kier molecular flexibility index (Phi) is 7.23. The first-order valence-corrected chi connectivity index (χ1v) is 11.9. The van der Waals surface area contributed by atoms with Gasteiger partial charge in [-0.1, -0.05) is 62.4 Å². The number of carbonyl (C=O) groups is 3. The molecular formula is C27H33N3O3. The van der Waals surface area contributed by atoms with Crippen LogP contribution < -0.4 is 0 Å². The molecule has 0 unspecified atom stereocenters. The largest absolute Gasteiger partial charge is 0.341 e. The second-order valence-corrected chi connectivity index (χ2v) is 9.55. The van der Waals surface area contributed by atoms with Crippen LogP contribution in [0.1, 0.15) is 46.5 Å². The van der Waals surface area contributed by atoms with Crippen LogP contribution in [-0.2, 0) is 4.79 Å². The number of rotatable bonds is 5. The zero-order valence-corrected chi connectivity index (χ0v) is 19.6. The van der Waals surface area contributed by atoms with Crippen LogP contribution in [0.15, 0.2) is 54.6 Å². The van der Waals surface area contributed by atoms with E-state index in [2.05, 4.69) is 18.7 Å². The summed E-state index contributed by atoms with van der Waals surface area (Å²) in [6.45, 7) is 8.92. The fourth-order valence-electron chi connectivity index (χ4n) is 5.05. The molecule has 6 heteroatoms. The van der Waals surface area contributed by atoms with Crippen molar-refractivity contribution in [3.8, 4) is 0 Å². The molecule has 0 N–H and O–H groups in total. The summed E-state index contributed by atoms with van der Waals surface area (Å²) in [6.07, 6.45) is 1.18. The van der Waals surface area contributed by atoms with E-state index in [0.29, 0.717) is 61.2 Å². The molecule has 0 aliphatic carbocycles. The number of benzene rings is 2. The molecule has 4 rings (SSSR count). The standard InChI is InChI=1S/C27H33N3O3/c1-20-16-21(2)18-30(17-20)25(31)19-28-12-14-29(15-13-28)27(33)24-11-7-6-10-23(24)26(32)22-8-4-3-5-9-22/h3-11,20-21H,12-19H2,1-2H3/t20-,21-/m0/s1. The van der Waals surface area contributed by atoms with Crippen LogP contribution in [-0.4, -0.2) is 78.1 Å². The van der Waals surface area contributed by atoms with Crippen molar-refractivity contribution in [3.63, 3.8) is 0 Å². The van der Waals surface area contributed by atoms with Gasteiger partial charge in [0.1, 0.15) is 0 Å². The number of likely N-dealkylation sites (tertiary alicyclic amines) is 1. The zero-order chi connectivity index (χ0) is 23.4. The maximum absolute atomic E-state index is 13.3. The zero-order valence-electron chi connectivity index (χ0n) is 19.6. The van der Waals surface area contributed by atoms with Crippen molar-refractivity contribution in [3.05, 3.63) is 71.3 Å². The Morgan fingerprint density at radius 1 is 0.758 bits per heavy atom. The highest BCUT2D eigenvalue weighted by atomic mass is 16.2. The molecule has 0 spiro atoms. The van der Waals surface area contributed by atoms with E-state index in [9.17, 15) is 14.4 Å². The molecule has 2 fully saturated rings. The fourth-order valence-corrected chi connectivity index (χ4v) is 5.05. The number of ketones is 1. The van der Waals surface area contributed by atoms with Gasteiger partial charge in [0, 0.05) is 50.4 Å². The van der Waals surface area contributed by atoms with E-state index in [-0.39, 0.29) is 17.6 Å². The van der Waals surface area contributed by atoms with Gasteiger partial charge in [-0.3, -0.25) is 19.3 Å². The van der Waals surface area contributed by atoms with Gasteiger partial charge < -0.3 is 9.80 Å². The highest BCUT2D eigenvalue weighted by Gasteiger charge is 2.29. The van der Waals surface area contributed by atoms with Crippen molar-refractivity contribution in [1.29, 1.82) is 0 Å². The van der Waals surface area contributed by atoms with Crippen LogP contribution in [0.3, 0.4) is 0 Å². The van der Waals surface area contributed by atoms with Crippen LogP contribution in [0, 0.1) is 11.8 Å². The van der Waals surface area contributed by atoms with Gasteiger partial charge in [0.2, 0.25) is 5.91 Å². The third-order valence-corrected chi connectivity index (χ3v) is 6.68. The number of carbonyl (C=O) groups excluding carboxylic acids is 3. The van der Waals surface area contributed by atoms with Gasteiger partial charge in [-0.25, -0.2) is 0 Å². The van der Waals surface area contributed by atoms with Crippen molar-refractivity contribution in [2.24, 2.45) is 11.8 Å². The minimum absolute atomic E-state index is 0.125. The Labute approximate surface area is 196 Å². The van der Waals surface area contributed by atoms with Gasteiger partial charge in [0.25, 0.3) is 5.91 Å². The minimum atomic E-state index is -0.145. The molecule has 2 aliphatic rings. The molecule has 33 heavy (non-hydrogen) atoms. The van der Waals surface area contributed by atoms with Gasteiger partial charge in [-0.15, -0.1) is 0 Å². The number of piperidine rings is 1. The minimum Gasteiger partial charge on any atom is -0.341 e. The summed E-state index contributed by atoms with van der Waals surface area (Å²) in [6, 6.07) is 16.1. The quantitative estimate of drug-likeness (QED) is 0.661. The van der Waals surface area contributed by atoms with E-state index >= 15 is 0 Å². The second kappa shape index (κ2) is 10.3.